The van der Waals surface area contributed by atoms with E-state index in [1.165, 1.54) is 11.3 Å². The molecule has 1 aliphatic rings. The lowest BCUT2D eigenvalue weighted by atomic mass is 10.1. The molecule has 20 heavy (non-hydrogen) atoms. The fourth-order valence-electron chi connectivity index (χ4n) is 2.10. The number of thiazole rings is 1. The molecule has 0 saturated heterocycles. The molecule has 2 aromatic heterocycles. The number of nitrogens with zero attached hydrogens (tertiary/aromatic N) is 2. The second-order valence-electron chi connectivity index (χ2n) is 4.57. The number of aromatic nitrogens is 3. The van der Waals surface area contributed by atoms with Crippen LogP contribution in [0, 0.1) is 13.8 Å². The highest BCUT2D eigenvalue weighted by atomic mass is 35.5. The smallest absolute Gasteiger partial charge is 0.278 e. The summed E-state index contributed by atoms with van der Waals surface area (Å²) < 4.78 is 0. The normalized spacial score (nSPS) is 13.5. The summed E-state index contributed by atoms with van der Waals surface area (Å²) >= 11 is 1.48. The number of hydrogen-bond donors (Lipinski definition) is 3. The van der Waals surface area contributed by atoms with Crippen molar-refractivity contribution in [3.8, 4) is 0 Å². The SMILES string of the molecule is Cc1nc(NC(=O)c2n[nH]c3c2CNCC3)sc1C.Cl. The number of carbonyl (C=O) groups is 1. The zero-order chi connectivity index (χ0) is 13.4. The van der Waals surface area contributed by atoms with Gasteiger partial charge in [0.05, 0.1) is 5.69 Å². The Bertz CT molecular complexity index is 616. The van der Waals surface area contributed by atoms with Gasteiger partial charge < -0.3 is 5.32 Å². The number of aryl methyl sites for hydroxylation is 2. The van der Waals surface area contributed by atoms with E-state index in [1.807, 2.05) is 13.8 Å². The molecule has 6 nitrogen and oxygen atoms in total. The predicted octanol–water partition coefficient (Wildman–Crippen LogP) is 1.80. The van der Waals surface area contributed by atoms with Gasteiger partial charge in [-0.25, -0.2) is 4.98 Å². The Morgan fingerprint density at radius 2 is 2.20 bits per heavy atom. The van der Waals surface area contributed by atoms with Crippen molar-refractivity contribution >= 4 is 34.8 Å². The third kappa shape index (κ3) is 2.70. The first-order valence-electron chi connectivity index (χ1n) is 6.17. The number of anilines is 1. The minimum atomic E-state index is -0.199. The lowest BCUT2D eigenvalue weighted by Gasteiger charge is -2.12. The zero-order valence-corrected chi connectivity index (χ0v) is 12.9. The van der Waals surface area contributed by atoms with Gasteiger partial charge in [-0.15, -0.1) is 23.7 Å². The molecule has 3 N–H and O–H groups in total. The van der Waals surface area contributed by atoms with Crippen molar-refractivity contribution in [2.75, 3.05) is 11.9 Å². The first-order valence-corrected chi connectivity index (χ1v) is 6.99. The number of halogens is 1. The number of nitrogens with one attached hydrogen (secondary N) is 3. The summed E-state index contributed by atoms with van der Waals surface area (Å²) in [4.78, 5) is 17.6. The van der Waals surface area contributed by atoms with Crippen LogP contribution in [0.1, 0.15) is 32.3 Å². The van der Waals surface area contributed by atoms with Crippen molar-refractivity contribution in [1.82, 2.24) is 20.5 Å². The van der Waals surface area contributed by atoms with Gasteiger partial charge in [0.2, 0.25) is 0 Å². The molecule has 1 aliphatic heterocycles. The first-order chi connectivity index (χ1) is 9.15. The fourth-order valence-corrected chi connectivity index (χ4v) is 2.91. The maximum Gasteiger partial charge on any atom is 0.278 e. The van der Waals surface area contributed by atoms with Gasteiger partial charge in [-0.1, -0.05) is 0 Å². The number of amides is 1. The third-order valence-electron chi connectivity index (χ3n) is 3.27. The van der Waals surface area contributed by atoms with E-state index in [9.17, 15) is 4.79 Å². The average Bonchev–Trinajstić information content (AvgIpc) is 2.94. The highest BCUT2D eigenvalue weighted by Crippen LogP contribution is 2.22. The van der Waals surface area contributed by atoms with Crippen LogP contribution in [0.3, 0.4) is 0 Å². The van der Waals surface area contributed by atoms with Gasteiger partial charge in [-0.05, 0) is 13.8 Å². The molecule has 108 valence electrons. The monoisotopic (exact) mass is 313 g/mol. The minimum Gasteiger partial charge on any atom is -0.312 e. The molecule has 0 aromatic carbocycles. The molecule has 0 fully saturated rings. The van der Waals surface area contributed by atoms with E-state index in [2.05, 4.69) is 25.8 Å². The summed E-state index contributed by atoms with van der Waals surface area (Å²) in [5, 5.41) is 13.8. The Morgan fingerprint density at radius 1 is 1.40 bits per heavy atom. The minimum absolute atomic E-state index is 0. The van der Waals surface area contributed by atoms with E-state index in [1.54, 1.807) is 0 Å². The Hall–Kier alpha value is -1.44. The lowest BCUT2D eigenvalue weighted by molar-refractivity contribution is 0.102. The van der Waals surface area contributed by atoms with Gasteiger partial charge in [0.15, 0.2) is 10.8 Å². The Labute approximate surface area is 126 Å². The van der Waals surface area contributed by atoms with E-state index in [4.69, 9.17) is 0 Å². The number of H-pyrrole nitrogens is 1. The Kier molecular flexibility index (Phi) is 4.42. The standard InChI is InChI=1S/C12H15N5OS.ClH/c1-6-7(2)19-12(14-6)15-11(18)10-8-5-13-4-3-9(8)16-17-10;/h13H,3-5H2,1-2H3,(H,16,17)(H,14,15,18);1H. The summed E-state index contributed by atoms with van der Waals surface area (Å²) in [6.07, 6.45) is 0.880. The van der Waals surface area contributed by atoms with Crippen molar-refractivity contribution in [3.05, 3.63) is 27.5 Å². The second-order valence-corrected chi connectivity index (χ2v) is 5.77. The average molecular weight is 314 g/mol. The van der Waals surface area contributed by atoms with Crippen LogP contribution in [0.4, 0.5) is 5.13 Å². The van der Waals surface area contributed by atoms with E-state index in [0.717, 1.165) is 34.8 Å². The summed E-state index contributed by atoms with van der Waals surface area (Å²) in [7, 11) is 0. The summed E-state index contributed by atoms with van der Waals surface area (Å²) in [6, 6.07) is 0. The van der Waals surface area contributed by atoms with Crippen LogP contribution in [-0.4, -0.2) is 27.6 Å². The summed E-state index contributed by atoms with van der Waals surface area (Å²) in [5.74, 6) is -0.199. The Morgan fingerprint density at radius 3 is 2.90 bits per heavy atom. The largest absolute Gasteiger partial charge is 0.312 e. The fraction of sp³-hybridized carbons (Fsp3) is 0.417. The zero-order valence-electron chi connectivity index (χ0n) is 11.2. The van der Waals surface area contributed by atoms with Crippen molar-refractivity contribution < 1.29 is 4.79 Å². The van der Waals surface area contributed by atoms with Crippen LogP contribution in [0.15, 0.2) is 0 Å². The highest BCUT2D eigenvalue weighted by Gasteiger charge is 2.22. The van der Waals surface area contributed by atoms with Gasteiger partial charge in [-0.3, -0.25) is 15.2 Å². The van der Waals surface area contributed by atoms with E-state index >= 15 is 0 Å². The topological polar surface area (TPSA) is 82.7 Å². The van der Waals surface area contributed by atoms with Gasteiger partial charge >= 0.3 is 0 Å². The van der Waals surface area contributed by atoms with Crippen molar-refractivity contribution in [2.24, 2.45) is 0 Å². The van der Waals surface area contributed by atoms with Crippen LogP contribution >= 0.6 is 23.7 Å². The molecular weight excluding hydrogens is 298 g/mol. The second kappa shape index (κ2) is 5.90. The Balaban J connectivity index is 0.00000147. The van der Waals surface area contributed by atoms with Crippen LogP contribution in [0.25, 0.3) is 0 Å². The molecule has 0 spiro atoms. The molecular formula is C12H16ClN5OS. The van der Waals surface area contributed by atoms with Crippen LogP contribution < -0.4 is 10.6 Å². The summed E-state index contributed by atoms with van der Waals surface area (Å²) in [5.41, 5.74) is 3.43. The number of hydrogen-bond acceptors (Lipinski definition) is 5. The van der Waals surface area contributed by atoms with Gasteiger partial charge in [-0.2, -0.15) is 5.10 Å². The first kappa shape index (κ1) is 15.0. The quantitative estimate of drug-likeness (QED) is 0.789. The van der Waals surface area contributed by atoms with Gasteiger partial charge in [0.1, 0.15) is 0 Å². The molecule has 1 amide bonds. The van der Waals surface area contributed by atoms with E-state index < -0.39 is 0 Å². The lowest BCUT2D eigenvalue weighted by Crippen LogP contribution is -2.25. The van der Waals surface area contributed by atoms with E-state index in [0.29, 0.717) is 17.4 Å². The van der Waals surface area contributed by atoms with Crippen molar-refractivity contribution in [2.45, 2.75) is 26.8 Å². The number of aromatic amines is 1. The molecule has 0 atom stereocenters. The van der Waals surface area contributed by atoms with Gasteiger partial charge in [0.25, 0.3) is 5.91 Å². The molecule has 3 heterocycles. The van der Waals surface area contributed by atoms with Crippen LogP contribution in [0.5, 0.6) is 0 Å². The van der Waals surface area contributed by atoms with E-state index in [-0.39, 0.29) is 18.3 Å². The van der Waals surface area contributed by atoms with Crippen molar-refractivity contribution in [1.29, 1.82) is 0 Å². The number of carbonyl (C=O) groups excluding carboxylic acids is 1. The molecule has 0 saturated carbocycles. The highest BCUT2D eigenvalue weighted by molar-refractivity contribution is 7.15. The number of rotatable bonds is 2. The molecule has 0 radical (unpaired) electrons. The number of fused-ring (bicyclic) bond motifs is 1. The predicted molar refractivity (Wildman–Crippen MR) is 80.8 cm³/mol. The molecule has 3 rings (SSSR count). The maximum atomic E-state index is 12.2. The molecule has 0 aliphatic carbocycles. The van der Waals surface area contributed by atoms with Crippen LogP contribution in [0.2, 0.25) is 0 Å². The molecule has 8 heteroatoms. The molecule has 2 aromatic rings. The van der Waals surface area contributed by atoms with Crippen molar-refractivity contribution in [3.63, 3.8) is 0 Å². The maximum absolute atomic E-state index is 12.2. The summed E-state index contributed by atoms with van der Waals surface area (Å²) in [6.45, 7) is 5.52. The van der Waals surface area contributed by atoms with Crippen LogP contribution in [-0.2, 0) is 13.0 Å². The molecule has 0 unspecified atom stereocenters. The molecule has 0 bridgehead atoms. The third-order valence-corrected chi connectivity index (χ3v) is 4.26. The van der Waals surface area contributed by atoms with Gasteiger partial charge in [0, 0.05) is 35.6 Å².